The summed E-state index contributed by atoms with van der Waals surface area (Å²) >= 11 is 6.03. The fraction of sp³-hybridized carbons (Fsp3) is 0.208. The summed E-state index contributed by atoms with van der Waals surface area (Å²) in [7, 11) is 1.65. The smallest absolute Gasteiger partial charge is 0.166 e. The molecule has 0 aliphatic heterocycles. The highest BCUT2D eigenvalue weighted by molar-refractivity contribution is 6.30. The molecule has 1 unspecified atom stereocenters. The van der Waals surface area contributed by atoms with Crippen LogP contribution in [0, 0.1) is 6.92 Å². The van der Waals surface area contributed by atoms with Gasteiger partial charge < -0.3 is 4.74 Å². The lowest BCUT2D eigenvalue weighted by molar-refractivity contribution is 0.0962. The van der Waals surface area contributed by atoms with Gasteiger partial charge in [0.1, 0.15) is 5.75 Å². The van der Waals surface area contributed by atoms with Gasteiger partial charge in [-0.3, -0.25) is 4.79 Å². The number of benzene rings is 2. The molecule has 1 aliphatic rings. The summed E-state index contributed by atoms with van der Waals surface area (Å²) in [6.07, 6.45) is 3.01. The van der Waals surface area contributed by atoms with Gasteiger partial charge in [-0.05, 0) is 54.7 Å². The van der Waals surface area contributed by atoms with Crippen LogP contribution < -0.4 is 4.74 Å². The van der Waals surface area contributed by atoms with E-state index in [4.69, 9.17) is 21.3 Å². The quantitative estimate of drug-likeness (QED) is 0.455. The normalized spacial score (nSPS) is 16.0. The molecule has 30 heavy (non-hydrogen) atoms. The van der Waals surface area contributed by atoms with Gasteiger partial charge in [-0.15, -0.1) is 0 Å². The fourth-order valence-electron chi connectivity index (χ4n) is 4.21. The van der Waals surface area contributed by atoms with E-state index in [1.165, 1.54) is 0 Å². The van der Waals surface area contributed by atoms with Crippen LogP contribution >= 0.6 is 11.6 Å². The van der Waals surface area contributed by atoms with Crippen molar-refractivity contribution in [2.75, 3.05) is 7.11 Å². The number of carbonyl (C=O) groups is 1. The first-order valence-corrected chi connectivity index (χ1v) is 10.2. The van der Waals surface area contributed by atoms with Crippen molar-refractivity contribution in [1.29, 1.82) is 0 Å². The molecule has 2 aromatic heterocycles. The summed E-state index contributed by atoms with van der Waals surface area (Å²) in [6, 6.07) is 15.6. The summed E-state index contributed by atoms with van der Waals surface area (Å²) in [5.41, 5.74) is 6.23. The largest absolute Gasteiger partial charge is 0.497 e. The van der Waals surface area contributed by atoms with E-state index < -0.39 is 0 Å². The van der Waals surface area contributed by atoms with E-state index in [1.807, 2.05) is 61.7 Å². The average molecular weight is 418 g/mol. The maximum Gasteiger partial charge on any atom is 0.166 e. The molecule has 1 atom stereocenters. The molecule has 2 aromatic carbocycles. The molecule has 4 aromatic rings. The number of ketones is 1. The molecule has 2 heterocycles. The van der Waals surface area contributed by atoms with Crippen LogP contribution in [-0.2, 0) is 6.42 Å². The van der Waals surface area contributed by atoms with Gasteiger partial charge in [-0.2, -0.15) is 5.10 Å². The number of halogens is 1. The zero-order chi connectivity index (χ0) is 20.8. The molecule has 0 N–H and O–H groups in total. The molecule has 5 nitrogen and oxygen atoms in total. The Kier molecular flexibility index (Phi) is 4.55. The van der Waals surface area contributed by atoms with Crippen LogP contribution in [0.2, 0.25) is 5.02 Å². The molecule has 0 spiro atoms. The lowest BCUT2D eigenvalue weighted by Crippen LogP contribution is -2.21. The number of methoxy groups -OCH3 is 1. The average Bonchev–Trinajstić information content (AvgIpc) is 3.07. The van der Waals surface area contributed by atoms with E-state index in [-0.39, 0.29) is 11.7 Å². The predicted octanol–water partition coefficient (Wildman–Crippen LogP) is 5.28. The van der Waals surface area contributed by atoms with Gasteiger partial charge in [0.15, 0.2) is 11.4 Å². The molecule has 150 valence electrons. The number of aromatic nitrogens is 3. The number of carbonyl (C=O) groups excluding carboxylic acids is 1. The van der Waals surface area contributed by atoms with E-state index >= 15 is 0 Å². The third-order valence-corrected chi connectivity index (χ3v) is 6.01. The minimum Gasteiger partial charge on any atom is -0.497 e. The van der Waals surface area contributed by atoms with Crippen molar-refractivity contribution in [2.45, 2.75) is 25.7 Å². The zero-order valence-corrected chi connectivity index (χ0v) is 17.5. The molecular weight excluding hydrogens is 398 g/mol. The Hall–Kier alpha value is -3.18. The van der Waals surface area contributed by atoms with Crippen LogP contribution in [0.15, 0.2) is 54.7 Å². The number of Topliss-reactive ketones (excluding diaryl/α,β-unsaturated/α-hetero) is 1. The van der Waals surface area contributed by atoms with Crippen LogP contribution in [-0.4, -0.2) is 27.5 Å². The minimum absolute atomic E-state index is 0.102. The molecule has 0 amide bonds. The monoisotopic (exact) mass is 417 g/mol. The zero-order valence-electron chi connectivity index (χ0n) is 16.7. The molecule has 0 radical (unpaired) electrons. The number of nitrogens with zero attached hydrogens (tertiary/aromatic N) is 3. The van der Waals surface area contributed by atoms with E-state index in [1.54, 1.807) is 11.6 Å². The summed E-state index contributed by atoms with van der Waals surface area (Å²) in [6.45, 7) is 1.96. The number of aryl methyl sites for hydroxylation is 1. The van der Waals surface area contributed by atoms with Crippen molar-refractivity contribution < 1.29 is 9.53 Å². The lowest BCUT2D eigenvalue weighted by atomic mass is 9.82. The first-order chi connectivity index (χ1) is 14.5. The van der Waals surface area contributed by atoms with Gasteiger partial charge in [0.25, 0.3) is 0 Å². The Morgan fingerprint density at radius 3 is 2.50 bits per heavy atom. The standard InChI is InChI=1S/C24H20ClN3O2/c1-14-23(16-5-9-19(30-2)10-6-16)24-26-21-11-17(15-3-7-18(25)8-4-15)12-22(29)20(21)13-28(24)27-14/h3-10,13,17H,11-12H2,1-2H3. The number of fused-ring (bicyclic) bond motifs is 2. The third-order valence-electron chi connectivity index (χ3n) is 5.76. The summed E-state index contributed by atoms with van der Waals surface area (Å²) < 4.78 is 7.00. The predicted molar refractivity (Wildman–Crippen MR) is 117 cm³/mol. The van der Waals surface area contributed by atoms with Crippen molar-refractivity contribution in [1.82, 2.24) is 14.6 Å². The number of ether oxygens (including phenoxy) is 1. The summed E-state index contributed by atoms with van der Waals surface area (Å²) in [4.78, 5) is 17.8. The Morgan fingerprint density at radius 1 is 1.07 bits per heavy atom. The van der Waals surface area contributed by atoms with Crippen molar-refractivity contribution >= 4 is 23.0 Å². The van der Waals surface area contributed by atoms with Crippen LogP contribution in [0.5, 0.6) is 5.75 Å². The topological polar surface area (TPSA) is 56.5 Å². The first-order valence-electron chi connectivity index (χ1n) is 9.85. The van der Waals surface area contributed by atoms with Gasteiger partial charge in [0.2, 0.25) is 0 Å². The van der Waals surface area contributed by atoms with E-state index in [2.05, 4.69) is 5.10 Å². The minimum atomic E-state index is 0.102. The van der Waals surface area contributed by atoms with E-state index in [0.29, 0.717) is 23.4 Å². The van der Waals surface area contributed by atoms with E-state index in [0.717, 1.165) is 39.5 Å². The van der Waals surface area contributed by atoms with Gasteiger partial charge in [-0.1, -0.05) is 35.9 Å². The highest BCUT2D eigenvalue weighted by Crippen LogP contribution is 2.35. The van der Waals surface area contributed by atoms with Gasteiger partial charge in [0.05, 0.1) is 24.1 Å². The van der Waals surface area contributed by atoms with Crippen LogP contribution in [0.4, 0.5) is 0 Å². The van der Waals surface area contributed by atoms with Crippen molar-refractivity contribution in [2.24, 2.45) is 0 Å². The number of rotatable bonds is 3. The van der Waals surface area contributed by atoms with Gasteiger partial charge in [-0.25, -0.2) is 9.50 Å². The third kappa shape index (κ3) is 3.15. The van der Waals surface area contributed by atoms with Crippen molar-refractivity contribution in [3.63, 3.8) is 0 Å². The highest BCUT2D eigenvalue weighted by Gasteiger charge is 2.29. The molecule has 6 heteroatoms. The molecule has 0 bridgehead atoms. The van der Waals surface area contributed by atoms with Crippen LogP contribution in [0.3, 0.4) is 0 Å². The molecule has 1 aliphatic carbocycles. The second kappa shape index (κ2) is 7.26. The fourth-order valence-corrected chi connectivity index (χ4v) is 4.34. The second-order valence-corrected chi connectivity index (χ2v) is 8.07. The molecular formula is C24H20ClN3O2. The Morgan fingerprint density at radius 2 is 1.80 bits per heavy atom. The Labute approximate surface area is 179 Å². The maximum absolute atomic E-state index is 12.9. The molecule has 0 saturated heterocycles. The van der Waals surface area contributed by atoms with Gasteiger partial charge >= 0.3 is 0 Å². The number of hydrogen-bond acceptors (Lipinski definition) is 4. The Balaban J connectivity index is 1.60. The second-order valence-electron chi connectivity index (χ2n) is 7.64. The SMILES string of the molecule is COc1ccc(-c2c(C)nn3cc4c(nc23)CC(c2ccc(Cl)cc2)CC4=O)cc1. The molecule has 0 saturated carbocycles. The molecule has 0 fully saturated rings. The van der Waals surface area contributed by atoms with E-state index in [9.17, 15) is 4.79 Å². The summed E-state index contributed by atoms with van der Waals surface area (Å²) in [5.74, 6) is 1.00. The van der Waals surface area contributed by atoms with Crippen LogP contribution in [0.25, 0.3) is 16.8 Å². The summed E-state index contributed by atoms with van der Waals surface area (Å²) in [5, 5.41) is 5.31. The highest BCUT2D eigenvalue weighted by atomic mass is 35.5. The van der Waals surface area contributed by atoms with Crippen LogP contribution in [0.1, 0.15) is 39.6 Å². The van der Waals surface area contributed by atoms with Crippen molar-refractivity contribution in [3.8, 4) is 16.9 Å². The number of hydrogen-bond donors (Lipinski definition) is 0. The van der Waals surface area contributed by atoms with Gasteiger partial charge in [0, 0.05) is 23.2 Å². The maximum atomic E-state index is 12.9. The van der Waals surface area contributed by atoms with Crippen molar-refractivity contribution in [3.05, 3.63) is 82.3 Å². The Bertz CT molecular complexity index is 1260. The molecule has 5 rings (SSSR count). The lowest BCUT2D eigenvalue weighted by Gasteiger charge is -2.23. The first kappa shape index (κ1) is 18.8.